The maximum atomic E-state index is 12.7. The van der Waals surface area contributed by atoms with Crippen LogP contribution in [0.4, 0.5) is 4.39 Å². The Hall–Kier alpha value is -1.34. The second-order valence-electron chi connectivity index (χ2n) is 4.04. The number of hydrogen-bond acceptors (Lipinski definition) is 3. The van der Waals surface area contributed by atoms with Crippen molar-refractivity contribution in [2.45, 2.75) is 24.8 Å². The molecular weight excluding hydrogens is 285 g/mol. The number of halogens is 1. The molecule has 4 nitrogen and oxygen atoms in total. The van der Waals surface area contributed by atoms with Gasteiger partial charge in [0.1, 0.15) is 5.82 Å². The Morgan fingerprint density at radius 2 is 1.95 bits per heavy atom. The van der Waals surface area contributed by atoms with Gasteiger partial charge in [-0.25, -0.2) is 4.39 Å². The van der Waals surface area contributed by atoms with E-state index in [1.165, 1.54) is 23.9 Å². The lowest BCUT2D eigenvalue weighted by Crippen LogP contribution is -2.49. The van der Waals surface area contributed by atoms with Crippen LogP contribution >= 0.6 is 24.0 Å². The number of thioether (sulfide) groups is 1. The number of carbonyl (C=O) groups excluding carboxylic acids is 1. The predicted octanol–water partition coefficient (Wildman–Crippen LogP) is 1.82. The molecule has 0 fully saturated rings. The van der Waals surface area contributed by atoms with E-state index < -0.39 is 0 Å². The van der Waals surface area contributed by atoms with Gasteiger partial charge in [0.15, 0.2) is 5.11 Å². The third-order valence-electron chi connectivity index (χ3n) is 1.92. The molecule has 0 saturated heterocycles. The normalized spacial score (nSPS) is 10.1. The Kier molecular flexibility index (Phi) is 6.58. The second kappa shape index (κ2) is 7.96. The number of carbonyl (C=O) groups is 1. The van der Waals surface area contributed by atoms with E-state index in [1.54, 1.807) is 12.1 Å². The molecule has 0 bridgehead atoms. The summed E-state index contributed by atoms with van der Waals surface area (Å²) in [5.41, 5.74) is 5.09. The highest BCUT2D eigenvalue weighted by molar-refractivity contribution is 8.00. The number of rotatable bonds is 4. The molecule has 1 aromatic rings. The van der Waals surface area contributed by atoms with Gasteiger partial charge in [0, 0.05) is 10.9 Å². The Balaban J connectivity index is 2.24. The lowest BCUT2D eigenvalue weighted by atomic mass is 10.4. The van der Waals surface area contributed by atoms with Gasteiger partial charge in [0.05, 0.1) is 5.75 Å². The van der Waals surface area contributed by atoms with Crippen LogP contribution in [0.1, 0.15) is 13.8 Å². The average Bonchev–Trinajstić information content (AvgIpc) is 2.35. The second-order valence-corrected chi connectivity index (χ2v) is 5.50. The topological polar surface area (TPSA) is 53.2 Å². The molecule has 3 N–H and O–H groups in total. The van der Waals surface area contributed by atoms with E-state index in [0.717, 1.165) is 4.90 Å². The molecule has 0 heterocycles. The molecule has 0 atom stereocenters. The summed E-state index contributed by atoms with van der Waals surface area (Å²) >= 11 is 6.28. The number of amides is 1. The molecular formula is C12H16FN3OS2. The van der Waals surface area contributed by atoms with Crippen LogP contribution < -0.4 is 16.2 Å². The summed E-state index contributed by atoms with van der Waals surface area (Å²) in [7, 11) is 0. The minimum atomic E-state index is -0.291. The standard InChI is InChI=1S/C12H16FN3OS2/c1-8(2)14-12(18)16-15-11(17)7-19-10-5-3-9(13)4-6-10/h3-6,8H,7H2,1-2H3,(H,15,17)(H2,14,16,18). The van der Waals surface area contributed by atoms with E-state index in [4.69, 9.17) is 12.2 Å². The van der Waals surface area contributed by atoms with Crippen LogP contribution in [0.25, 0.3) is 0 Å². The van der Waals surface area contributed by atoms with E-state index in [9.17, 15) is 9.18 Å². The fraction of sp³-hybridized carbons (Fsp3) is 0.333. The summed E-state index contributed by atoms with van der Waals surface area (Å²) in [4.78, 5) is 12.4. The highest BCUT2D eigenvalue weighted by Gasteiger charge is 2.04. The van der Waals surface area contributed by atoms with Crippen LogP contribution in [-0.2, 0) is 4.79 Å². The number of benzene rings is 1. The fourth-order valence-corrected chi connectivity index (χ4v) is 2.13. The molecule has 0 spiro atoms. The quantitative estimate of drug-likeness (QED) is 0.450. The maximum absolute atomic E-state index is 12.7. The van der Waals surface area contributed by atoms with Crippen LogP contribution in [0.2, 0.25) is 0 Å². The van der Waals surface area contributed by atoms with Gasteiger partial charge in [-0.05, 0) is 50.3 Å². The smallest absolute Gasteiger partial charge is 0.248 e. The first-order chi connectivity index (χ1) is 8.97. The summed E-state index contributed by atoms with van der Waals surface area (Å²) in [5, 5.41) is 3.31. The molecule has 0 saturated carbocycles. The van der Waals surface area contributed by atoms with Crippen molar-refractivity contribution in [1.29, 1.82) is 0 Å². The maximum Gasteiger partial charge on any atom is 0.248 e. The molecule has 104 valence electrons. The number of thiocarbonyl (C=S) groups is 1. The summed E-state index contributed by atoms with van der Waals surface area (Å²) in [6.07, 6.45) is 0. The van der Waals surface area contributed by atoms with Crippen LogP contribution in [0.3, 0.4) is 0 Å². The lowest BCUT2D eigenvalue weighted by molar-refractivity contribution is -0.119. The van der Waals surface area contributed by atoms with Crippen molar-refractivity contribution in [3.8, 4) is 0 Å². The van der Waals surface area contributed by atoms with E-state index in [2.05, 4.69) is 16.2 Å². The van der Waals surface area contributed by atoms with Crippen molar-refractivity contribution in [1.82, 2.24) is 16.2 Å². The Morgan fingerprint density at radius 3 is 2.53 bits per heavy atom. The first-order valence-electron chi connectivity index (χ1n) is 5.71. The Morgan fingerprint density at radius 1 is 1.32 bits per heavy atom. The molecule has 0 aliphatic rings. The molecule has 0 aliphatic carbocycles. The molecule has 1 rings (SSSR count). The van der Waals surface area contributed by atoms with Gasteiger partial charge in [-0.2, -0.15) is 0 Å². The van der Waals surface area contributed by atoms with E-state index in [-0.39, 0.29) is 23.5 Å². The molecule has 7 heteroatoms. The molecule has 1 aromatic carbocycles. The number of hydrogen-bond donors (Lipinski definition) is 3. The lowest BCUT2D eigenvalue weighted by Gasteiger charge is -2.13. The van der Waals surface area contributed by atoms with Crippen molar-refractivity contribution in [2.24, 2.45) is 0 Å². The summed E-state index contributed by atoms with van der Waals surface area (Å²) in [6.45, 7) is 3.89. The van der Waals surface area contributed by atoms with Gasteiger partial charge >= 0.3 is 0 Å². The third kappa shape index (κ3) is 6.97. The number of nitrogens with one attached hydrogen (secondary N) is 3. The summed E-state index contributed by atoms with van der Waals surface area (Å²) < 4.78 is 12.7. The molecule has 0 unspecified atom stereocenters. The SMILES string of the molecule is CC(C)NC(=S)NNC(=O)CSc1ccc(F)cc1. The average molecular weight is 301 g/mol. The van der Waals surface area contributed by atoms with Crippen molar-refractivity contribution in [2.75, 3.05) is 5.75 Å². The molecule has 0 aliphatic heterocycles. The van der Waals surface area contributed by atoms with Gasteiger partial charge in [-0.3, -0.25) is 15.6 Å². The van der Waals surface area contributed by atoms with Gasteiger partial charge < -0.3 is 5.32 Å². The van der Waals surface area contributed by atoms with Crippen molar-refractivity contribution >= 4 is 35.0 Å². The van der Waals surface area contributed by atoms with Gasteiger partial charge in [-0.1, -0.05) is 0 Å². The summed E-state index contributed by atoms with van der Waals surface area (Å²) in [5.74, 6) is -0.272. The minimum absolute atomic E-state index is 0.200. The first kappa shape index (κ1) is 15.7. The van der Waals surface area contributed by atoms with Crippen molar-refractivity contribution in [3.05, 3.63) is 30.1 Å². The van der Waals surface area contributed by atoms with Crippen molar-refractivity contribution in [3.63, 3.8) is 0 Å². The first-order valence-corrected chi connectivity index (χ1v) is 7.10. The molecule has 19 heavy (non-hydrogen) atoms. The van der Waals surface area contributed by atoms with Crippen LogP contribution in [0.15, 0.2) is 29.2 Å². The minimum Gasteiger partial charge on any atom is -0.359 e. The highest BCUT2D eigenvalue weighted by atomic mass is 32.2. The zero-order valence-electron chi connectivity index (χ0n) is 10.7. The monoisotopic (exact) mass is 301 g/mol. The third-order valence-corrected chi connectivity index (χ3v) is 3.15. The van der Waals surface area contributed by atoms with E-state index >= 15 is 0 Å². The molecule has 0 aromatic heterocycles. The molecule has 1 amide bonds. The highest BCUT2D eigenvalue weighted by Crippen LogP contribution is 2.17. The van der Waals surface area contributed by atoms with Gasteiger partial charge in [0.25, 0.3) is 0 Å². The zero-order valence-corrected chi connectivity index (χ0v) is 12.3. The molecule has 0 radical (unpaired) electrons. The van der Waals surface area contributed by atoms with Crippen LogP contribution in [-0.4, -0.2) is 22.8 Å². The summed E-state index contributed by atoms with van der Waals surface area (Å²) in [6, 6.07) is 6.18. The van der Waals surface area contributed by atoms with Crippen molar-refractivity contribution < 1.29 is 9.18 Å². The largest absolute Gasteiger partial charge is 0.359 e. The number of hydrazine groups is 1. The van der Waals surface area contributed by atoms with Crippen LogP contribution in [0, 0.1) is 5.82 Å². The van der Waals surface area contributed by atoms with Crippen LogP contribution in [0.5, 0.6) is 0 Å². The zero-order chi connectivity index (χ0) is 14.3. The predicted molar refractivity (Wildman–Crippen MR) is 79.3 cm³/mol. The Bertz CT molecular complexity index is 437. The Labute approximate surface area is 121 Å². The van der Waals surface area contributed by atoms with E-state index in [0.29, 0.717) is 5.11 Å². The van der Waals surface area contributed by atoms with Gasteiger partial charge in [0.2, 0.25) is 5.91 Å². The van der Waals surface area contributed by atoms with Gasteiger partial charge in [-0.15, -0.1) is 11.8 Å². The fourth-order valence-electron chi connectivity index (χ4n) is 1.14. The van der Waals surface area contributed by atoms with E-state index in [1.807, 2.05) is 13.8 Å².